The third-order valence-corrected chi connectivity index (χ3v) is 7.42. The molecule has 0 radical (unpaired) electrons. The molecular weight excluding hydrogens is 417 g/mol. The van der Waals surface area contributed by atoms with Gasteiger partial charge in [0, 0.05) is 30.9 Å². The summed E-state index contributed by atoms with van der Waals surface area (Å²) in [4.78, 5) is 17.2. The topological polar surface area (TPSA) is 52.2 Å². The number of hydrogen-bond donors (Lipinski definition) is 1. The summed E-state index contributed by atoms with van der Waals surface area (Å²) in [6.45, 7) is 8.63. The lowest BCUT2D eigenvalue weighted by Crippen LogP contribution is -2.33. The normalized spacial score (nSPS) is 25.1. The van der Waals surface area contributed by atoms with Crippen LogP contribution < -0.4 is 0 Å². The highest BCUT2D eigenvalue weighted by Gasteiger charge is 2.45. The summed E-state index contributed by atoms with van der Waals surface area (Å²) in [5.41, 5.74) is 3.32. The minimum atomic E-state index is -4.34. The number of nitrogens with one attached hydrogen (secondary N) is 1. The maximum absolute atomic E-state index is 13.5. The van der Waals surface area contributed by atoms with Crippen LogP contribution in [0.4, 0.5) is 13.2 Å². The fraction of sp³-hybridized carbons (Fsp3) is 0.500. The van der Waals surface area contributed by atoms with Gasteiger partial charge in [-0.25, -0.2) is 0 Å². The lowest BCUT2D eigenvalue weighted by Gasteiger charge is -2.29. The van der Waals surface area contributed by atoms with E-state index >= 15 is 0 Å². The molecule has 5 nitrogen and oxygen atoms in total. The molecular formula is C24H27F3N4O. The number of aromatic amines is 1. The molecule has 1 saturated heterocycles. The molecule has 1 aliphatic carbocycles. The van der Waals surface area contributed by atoms with Gasteiger partial charge in [0.05, 0.1) is 17.8 Å². The molecule has 2 fully saturated rings. The standard InChI is InChI=1S/C24H27F3N4O/c1-14(2)30-8-7-19-21(13-30)28-29-22(19)23(32)31-11-16-9-15(10-17(16)12-31)18-5-3-4-6-20(18)24(25,26)27/h3-6,15-17H,1,7-13H2,2H3,(H,28,29)/t15-,16-,17+. The molecule has 1 saturated carbocycles. The molecule has 0 unspecified atom stereocenters. The molecule has 0 spiro atoms. The van der Waals surface area contributed by atoms with Crippen molar-refractivity contribution in [1.29, 1.82) is 0 Å². The number of allylic oxidation sites excluding steroid dienone is 1. The van der Waals surface area contributed by atoms with Gasteiger partial charge in [0.25, 0.3) is 5.91 Å². The monoisotopic (exact) mass is 444 g/mol. The molecule has 1 aromatic carbocycles. The Balaban J connectivity index is 1.27. The van der Waals surface area contributed by atoms with Crippen molar-refractivity contribution in [3.05, 3.63) is 64.6 Å². The number of amides is 1. The molecule has 8 heteroatoms. The van der Waals surface area contributed by atoms with Crippen LogP contribution in [0.1, 0.15) is 58.6 Å². The third-order valence-electron chi connectivity index (χ3n) is 7.42. The van der Waals surface area contributed by atoms with Crippen molar-refractivity contribution in [3.8, 4) is 0 Å². The molecule has 2 aliphatic heterocycles. The van der Waals surface area contributed by atoms with Crippen LogP contribution in [0.15, 0.2) is 36.5 Å². The number of benzene rings is 1. The Morgan fingerprint density at radius 2 is 1.84 bits per heavy atom. The molecule has 0 bridgehead atoms. The Morgan fingerprint density at radius 3 is 2.50 bits per heavy atom. The van der Waals surface area contributed by atoms with E-state index in [-0.39, 0.29) is 23.7 Å². The van der Waals surface area contributed by atoms with Crippen LogP contribution in [0.5, 0.6) is 0 Å². The maximum Gasteiger partial charge on any atom is 0.416 e. The van der Waals surface area contributed by atoms with Gasteiger partial charge in [0.1, 0.15) is 0 Å². The van der Waals surface area contributed by atoms with E-state index in [4.69, 9.17) is 0 Å². The second-order valence-corrected chi connectivity index (χ2v) is 9.42. The van der Waals surface area contributed by atoms with Gasteiger partial charge in [-0.3, -0.25) is 9.89 Å². The quantitative estimate of drug-likeness (QED) is 0.754. The van der Waals surface area contributed by atoms with Crippen molar-refractivity contribution < 1.29 is 18.0 Å². The van der Waals surface area contributed by atoms with E-state index in [0.717, 1.165) is 29.9 Å². The zero-order valence-electron chi connectivity index (χ0n) is 18.1. The molecule has 3 heterocycles. The maximum atomic E-state index is 13.5. The SMILES string of the molecule is C=C(C)N1CCc2c(C(=O)N3C[C@H]4C[C@@H](c5ccccc5C(F)(F)F)C[C@H]4C3)n[nH]c2C1. The van der Waals surface area contributed by atoms with Gasteiger partial charge >= 0.3 is 6.18 Å². The van der Waals surface area contributed by atoms with E-state index < -0.39 is 11.7 Å². The van der Waals surface area contributed by atoms with Crippen LogP contribution in [0.2, 0.25) is 0 Å². The van der Waals surface area contributed by atoms with E-state index in [1.807, 2.05) is 11.8 Å². The van der Waals surface area contributed by atoms with Gasteiger partial charge in [0.15, 0.2) is 5.69 Å². The second-order valence-electron chi connectivity index (χ2n) is 9.42. The molecule has 32 heavy (non-hydrogen) atoms. The number of aromatic nitrogens is 2. The van der Waals surface area contributed by atoms with Crippen LogP contribution >= 0.6 is 0 Å². The van der Waals surface area contributed by atoms with E-state index in [1.54, 1.807) is 12.1 Å². The summed E-state index contributed by atoms with van der Waals surface area (Å²) in [7, 11) is 0. The molecule has 1 aromatic heterocycles. The number of H-pyrrole nitrogens is 1. The summed E-state index contributed by atoms with van der Waals surface area (Å²) in [5, 5.41) is 7.36. The van der Waals surface area contributed by atoms with Crippen molar-refractivity contribution >= 4 is 5.91 Å². The third kappa shape index (κ3) is 3.59. The summed E-state index contributed by atoms with van der Waals surface area (Å²) < 4.78 is 40.4. The molecule has 2 aromatic rings. The van der Waals surface area contributed by atoms with Gasteiger partial charge in [0.2, 0.25) is 0 Å². The lowest BCUT2D eigenvalue weighted by atomic mass is 9.91. The molecule has 3 aliphatic rings. The van der Waals surface area contributed by atoms with Gasteiger partial charge in [-0.1, -0.05) is 24.8 Å². The van der Waals surface area contributed by atoms with E-state index in [1.165, 1.54) is 12.1 Å². The van der Waals surface area contributed by atoms with E-state index in [9.17, 15) is 18.0 Å². The summed E-state index contributed by atoms with van der Waals surface area (Å²) >= 11 is 0. The lowest BCUT2D eigenvalue weighted by molar-refractivity contribution is -0.138. The molecule has 170 valence electrons. The first kappa shape index (κ1) is 21.1. The molecule has 1 N–H and O–H groups in total. The Bertz CT molecular complexity index is 1050. The Morgan fingerprint density at radius 1 is 1.16 bits per heavy atom. The average molecular weight is 445 g/mol. The first-order valence-electron chi connectivity index (χ1n) is 11.1. The Labute approximate surface area is 185 Å². The highest BCUT2D eigenvalue weighted by atomic mass is 19.4. The molecule has 5 rings (SSSR count). The van der Waals surface area contributed by atoms with Crippen molar-refractivity contribution in [2.24, 2.45) is 11.8 Å². The number of nitrogens with zero attached hydrogens (tertiary/aromatic N) is 3. The Kier molecular flexibility index (Phi) is 5.06. The number of hydrogen-bond acceptors (Lipinski definition) is 3. The van der Waals surface area contributed by atoms with Crippen LogP contribution in [0.3, 0.4) is 0 Å². The van der Waals surface area contributed by atoms with Crippen LogP contribution in [-0.2, 0) is 19.1 Å². The number of alkyl halides is 3. The smallest absolute Gasteiger partial charge is 0.369 e. The molecule has 1 amide bonds. The number of rotatable bonds is 3. The number of carbonyl (C=O) groups excluding carboxylic acids is 1. The van der Waals surface area contributed by atoms with Crippen LogP contribution in [0.25, 0.3) is 0 Å². The predicted octanol–water partition coefficient (Wildman–Crippen LogP) is 4.59. The van der Waals surface area contributed by atoms with Gasteiger partial charge < -0.3 is 9.80 Å². The van der Waals surface area contributed by atoms with Crippen LogP contribution in [0, 0.1) is 11.8 Å². The van der Waals surface area contributed by atoms with E-state index in [2.05, 4.69) is 21.7 Å². The van der Waals surface area contributed by atoms with Gasteiger partial charge in [-0.05, 0) is 55.6 Å². The summed E-state index contributed by atoms with van der Waals surface area (Å²) in [6, 6.07) is 5.92. The van der Waals surface area contributed by atoms with E-state index in [0.29, 0.717) is 43.7 Å². The minimum Gasteiger partial charge on any atom is -0.369 e. The fourth-order valence-electron chi connectivity index (χ4n) is 5.80. The van der Waals surface area contributed by atoms with Crippen molar-refractivity contribution in [2.75, 3.05) is 19.6 Å². The number of likely N-dealkylation sites (tertiary alicyclic amines) is 1. The zero-order valence-corrected chi connectivity index (χ0v) is 18.1. The summed E-state index contributed by atoms with van der Waals surface area (Å²) in [6.07, 6.45) is -2.21. The first-order chi connectivity index (χ1) is 15.2. The number of halogens is 3. The Hall–Kier alpha value is -2.77. The number of fused-ring (bicyclic) bond motifs is 2. The first-order valence-corrected chi connectivity index (χ1v) is 11.1. The predicted molar refractivity (Wildman–Crippen MR) is 114 cm³/mol. The van der Waals surface area contributed by atoms with Gasteiger partial charge in [-0.2, -0.15) is 18.3 Å². The highest BCUT2D eigenvalue weighted by Crippen LogP contribution is 2.49. The second kappa shape index (κ2) is 7.67. The summed E-state index contributed by atoms with van der Waals surface area (Å²) in [5.74, 6) is 0.303. The number of carbonyl (C=O) groups is 1. The van der Waals surface area contributed by atoms with Crippen molar-refractivity contribution in [1.82, 2.24) is 20.0 Å². The van der Waals surface area contributed by atoms with Crippen molar-refractivity contribution in [2.45, 2.75) is 44.8 Å². The van der Waals surface area contributed by atoms with Gasteiger partial charge in [-0.15, -0.1) is 0 Å². The zero-order chi connectivity index (χ0) is 22.6. The largest absolute Gasteiger partial charge is 0.416 e. The minimum absolute atomic E-state index is 0.0621. The average Bonchev–Trinajstić information content (AvgIpc) is 3.45. The fourth-order valence-corrected chi connectivity index (χ4v) is 5.80. The molecule has 3 atom stereocenters. The van der Waals surface area contributed by atoms with Crippen molar-refractivity contribution in [3.63, 3.8) is 0 Å². The highest BCUT2D eigenvalue weighted by molar-refractivity contribution is 5.94. The van der Waals surface area contributed by atoms with Crippen LogP contribution in [-0.4, -0.2) is 45.5 Å².